The highest BCUT2D eigenvalue weighted by molar-refractivity contribution is 6.31. The van der Waals surface area contributed by atoms with Crippen LogP contribution in [0.1, 0.15) is 21.5 Å². The van der Waals surface area contributed by atoms with E-state index in [9.17, 15) is 4.79 Å². The molecule has 2 rings (SSSR count). The van der Waals surface area contributed by atoms with Crippen LogP contribution in [-0.2, 0) is 18.0 Å². The molecule has 0 radical (unpaired) electrons. The summed E-state index contributed by atoms with van der Waals surface area (Å²) in [4.78, 5) is 10.8. The molecule has 0 amide bonds. The van der Waals surface area contributed by atoms with Gasteiger partial charge in [0.15, 0.2) is 0 Å². The number of carboxylic acid groups (broad SMARTS) is 1. The van der Waals surface area contributed by atoms with E-state index < -0.39 is 5.97 Å². The van der Waals surface area contributed by atoms with Gasteiger partial charge in [0.1, 0.15) is 5.75 Å². The second kappa shape index (κ2) is 7.11. The van der Waals surface area contributed by atoms with E-state index in [-0.39, 0.29) is 5.56 Å². The number of aromatic carboxylic acids is 1. The van der Waals surface area contributed by atoms with Crippen molar-refractivity contribution >= 4 is 17.6 Å². The molecule has 0 bridgehead atoms. The molecule has 0 aliphatic rings. The predicted octanol–water partition coefficient (Wildman–Crippen LogP) is 3.76. The van der Waals surface area contributed by atoms with Crippen LogP contribution in [0.5, 0.6) is 5.75 Å². The largest absolute Gasteiger partial charge is 0.497 e. The van der Waals surface area contributed by atoms with Crippen LogP contribution in [0, 0.1) is 0 Å². The molecule has 0 unspecified atom stereocenters. The fraction of sp³-hybridized carbons (Fsp3) is 0.188. The molecule has 0 saturated heterocycles. The summed E-state index contributed by atoms with van der Waals surface area (Å²) in [7, 11) is 1.61. The Balaban J connectivity index is 1.95. The van der Waals surface area contributed by atoms with E-state index in [1.54, 1.807) is 13.2 Å². The maximum Gasteiger partial charge on any atom is 0.335 e. The van der Waals surface area contributed by atoms with Crippen LogP contribution in [0.3, 0.4) is 0 Å². The highest BCUT2D eigenvalue weighted by Crippen LogP contribution is 2.20. The third-order valence-corrected chi connectivity index (χ3v) is 3.31. The fourth-order valence-electron chi connectivity index (χ4n) is 1.84. The van der Waals surface area contributed by atoms with E-state index in [1.165, 1.54) is 12.1 Å². The molecule has 1 N–H and O–H groups in total. The minimum Gasteiger partial charge on any atom is -0.497 e. The van der Waals surface area contributed by atoms with Gasteiger partial charge in [-0.2, -0.15) is 0 Å². The molecule has 110 valence electrons. The van der Waals surface area contributed by atoms with Crippen LogP contribution in [0.15, 0.2) is 42.5 Å². The van der Waals surface area contributed by atoms with Gasteiger partial charge in [0.05, 0.1) is 25.9 Å². The average Bonchev–Trinajstić information content (AvgIpc) is 2.49. The number of carboxylic acids is 1. The Morgan fingerprint density at radius 2 is 2.00 bits per heavy atom. The summed E-state index contributed by atoms with van der Waals surface area (Å²) in [5, 5.41) is 9.26. The predicted molar refractivity (Wildman–Crippen MR) is 79.9 cm³/mol. The summed E-state index contributed by atoms with van der Waals surface area (Å²) in [6, 6.07) is 12.2. The summed E-state index contributed by atoms with van der Waals surface area (Å²) in [6.45, 7) is 0.740. The summed E-state index contributed by atoms with van der Waals surface area (Å²) >= 11 is 6.04. The molecule has 4 nitrogen and oxygen atoms in total. The molecule has 21 heavy (non-hydrogen) atoms. The van der Waals surface area contributed by atoms with Gasteiger partial charge in [-0.05, 0) is 35.4 Å². The molecule has 2 aromatic carbocycles. The van der Waals surface area contributed by atoms with Crippen molar-refractivity contribution in [2.75, 3.05) is 7.11 Å². The summed E-state index contributed by atoms with van der Waals surface area (Å²) in [5.74, 6) is -0.222. The van der Waals surface area contributed by atoms with Crippen molar-refractivity contribution in [3.63, 3.8) is 0 Å². The molecular weight excluding hydrogens is 292 g/mol. The number of benzene rings is 2. The van der Waals surface area contributed by atoms with Gasteiger partial charge < -0.3 is 14.6 Å². The average molecular weight is 307 g/mol. The number of ether oxygens (including phenoxy) is 2. The Labute approximate surface area is 127 Å². The molecule has 0 spiro atoms. The van der Waals surface area contributed by atoms with Crippen molar-refractivity contribution in [2.45, 2.75) is 13.2 Å². The minimum absolute atomic E-state index is 0.163. The molecule has 2 aromatic rings. The fourth-order valence-corrected chi connectivity index (χ4v) is 2.07. The van der Waals surface area contributed by atoms with E-state index in [0.29, 0.717) is 18.2 Å². The molecule has 0 aliphatic heterocycles. The van der Waals surface area contributed by atoms with Crippen molar-refractivity contribution in [3.8, 4) is 5.75 Å². The number of carbonyl (C=O) groups is 1. The van der Waals surface area contributed by atoms with E-state index in [0.717, 1.165) is 16.9 Å². The molecule has 5 heteroatoms. The first kappa shape index (κ1) is 15.4. The van der Waals surface area contributed by atoms with Gasteiger partial charge in [-0.1, -0.05) is 29.8 Å². The second-order valence-corrected chi connectivity index (χ2v) is 4.86. The van der Waals surface area contributed by atoms with Crippen LogP contribution >= 0.6 is 11.6 Å². The number of rotatable bonds is 6. The molecule has 0 saturated carbocycles. The maximum absolute atomic E-state index is 10.8. The molecule has 0 atom stereocenters. The number of hydrogen-bond donors (Lipinski definition) is 1. The van der Waals surface area contributed by atoms with Gasteiger partial charge in [0.2, 0.25) is 0 Å². The van der Waals surface area contributed by atoms with Gasteiger partial charge in [-0.25, -0.2) is 4.79 Å². The Hall–Kier alpha value is -2.04. The van der Waals surface area contributed by atoms with Crippen molar-refractivity contribution in [3.05, 3.63) is 64.2 Å². The van der Waals surface area contributed by atoms with E-state index in [2.05, 4.69) is 0 Å². The van der Waals surface area contributed by atoms with Crippen LogP contribution in [0.25, 0.3) is 0 Å². The Morgan fingerprint density at radius 1 is 1.19 bits per heavy atom. The summed E-state index contributed by atoms with van der Waals surface area (Å²) < 4.78 is 10.7. The smallest absolute Gasteiger partial charge is 0.335 e. The molecule has 0 fully saturated rings. The topological polar surface area (TPSA) is 55.8 Å². The zero-order valence-corrected chi connectivity index (χ0v) is 12.3. The SMILES string of the molecule is COc1cccc(COCc2ccc(C(=O)O)cc2Cl)c1. The monoisotopic (exact) mass is 306 g/mol. The van der Waals surface area contributed by atoms with Crippen molar-refractivity contribution in [1.29, 1.82) is 0 Å². The van der Waals surface area contributed by atoms with Crippen molar-refractivity contribution < 1.29 is 19.4 Å². The first-order chi connectivity index (χ1) is 10.1. The summed E-state index contributed by atoms with van der Waals surface area (Å²) in [6.07, 6.45) is 0. The maximum atomic E-state index is 10.8. The van der Waals surface area contributed by atoms with Gasteiger partial charge >= 0.3 is 5.97 Å². The lowest BCUT2D eigenvalue weighted by Crippen LogP contribution is -1.99. The quantitative estimate of drug-likeness (QED) is 0.882. The van der Waals surface area contributed by atoms with Gasteiger partial charge in [0.25, 0.3) is 0 Å². The molecular formula is C16H15ClO4. The summed E-state index contributed by atoms with van der Waals surface area (Å²) in [5.41, 5.74) is 1.91. The zero-order chi connectivity index (χ0) is 15.2. The van der Waals surface area contributed by atoms with Crippen molar-refractivity contribution in [1.82, 2.24) is 0 Å². The minimum atomic E-state index is -0.999. The number of hydrogen-bond acceptors (Lipinski definition) is 3. The lowest BCUT2D eigenvalue weighted by atomic mass is 10.1. The number of halogens is 1. The van der Waals surface area contributed by atoms with Crippen LogP contribution < -0.4 is 4.74 Å². The highest BCUT2D eigenvalue weighted by Gasteiger charge is 2.07. The van der Waals surface area contributed by atoms with Crippen molar-refractivity contribution in [2.24, 2.45) is 0 Å². The van der Waals surface area contributed by atoms with Gasteiger partial charge in [0, 0.05) is 5.02 Å². The Bertz CT molecular complexity index is 640. The zero-order valence-electron chi connectivity index (χ0n) is 11.5. The van der Waals surface area contributed by atoms with E-state index in [1.807, 2.05) is 24.3 Å². The van der Waals surface area contributed by atoms with E-state index in [4.69, 9.17) is 26.2 Å². The third kappa shape index (κ3) is 4.21. The van der Waals surface area contributed by atoms with Gasteiger partial charge in [-0.15, -0.1) is 0 Å². The lowest BCUT2D eigenvalue weighted by molar-refractivity contribution is 0.0696. The first-order valence-corrected chi connectivity index (χ1v) is 6.70. The van der Waals surface area contributed by atoms with Crippen LogP contribution in [-0.4, -0.2) is 18.2 Å². The molecule has 0 aromatic heterocycles. The van der Waals surface area contributed by atoms with Crippen LogP contribution in [0.4, 0.5) is 0 Å². The second-order valence-electron chi connectivity index (χ2n) is 4.46. The molecule has 0 heterocycles. The lowest BCUT2D eigenvalue weighted by Gasteiger charge is -2.08. The normalized spacial score (nSPS) is 10.4. The van der Waals surface area contributed by atoms with Gasteiger partial charge in [-0.3, -0.25) is 0 Å². The molecule has 0 aliphatic carbocycles. The standard InChI is InChI=1S/C16H15ClO4/c1-20-14-4-2-3-11(7-14)9-21-10-13-6-5-12(16(18)19)8-15(13)17/h2-8H,9-10H2,1H3,(H,18,19). The Kier molecular flexibility index (Phi) is 5.20. The van der Waals surface area contributed by atoms with E-state index >= 15 is 0 Å². The first-order valence-electron chi connectivity index (χ1n) is 6.32. The highest BCUT2D eigenvalue weighted by atomic mass is 35.5. The van der Waals surface area contributed by atoms with Crippen LogP contribution in [0.2, 0.25) is 5.02 Å². The number of methoxy groups -OCH3 is 1. The Morgan fingerprint density at radius 3 is 2.67 bits per heavy atom. The third-order valence-electron chi connectivity index (χ3n) is 2.96.